The number of ether oxygens (including phenoxy) is 2. The molecule has 24 heavy (non-hydrogen) atoms. The molecule has 0 heterocycles. The van der Waals surface area contributed by atoms with Gasteiger partial charge in [-0.2, -0.15) is 0 Å². The third-order valence-electron chi connectivity index (χ3n) is 4.31. The van der Waals surface area contributed by atoms with Crippen molar-refractivity contribution in [3.05, 3.63) is 11.6 Å². The normalized spacial score (nSPS) is 35.2. The predicted molar refractivity (Wildman–Crippen MR) is 82.7 cm³/mol. The topological polar surface area (TPSA) is 134 Å². The second-order valence-corrected chi connectivity index (χ2v) is 6.01. The lowest BCUT2D eigenvalue weighted by molar-refractivity contribution is -0.241. The van der Waals surface area contributed by atoms with E-state index in [9.17, 15) is 30.0 Å². The molecule has 0 spiro atoms. The molecule has 0 aromatic carbocycles. The van der Waals surface area contributed by atoms with E-state index < -0.39 is 54.5 Å². The van der Waals surface area contributed by atoms with E-state index in [1.54, 1.807) is 20.8 Å². The monoisotopic (exact) mass is 346 g/mol. The molecule has 1 unspecified atom stereocenters. The van der Waals surface area contributed by atoms with E-state index in [1.807, 2.05) is 0 Å². The van der Waals surface area contributed by atoms with E-state index in [0.717, 1.165) is 0 Å². The summed E-state index contributed by atoms with van der Waals surface area (Å²) in [5.41, 5.74) is 0.240. The van der Waals surface area contributed by atoms with Gasteiger partial charge in [-0.1, -0.05) is 19.9 Å². The molecule has 1 fully saturated rings. The Kier molecular flexibility index (Phi) is 7.34. The molecule has 0 aliphatic heterocycles. The van der Waals surface area contributed by atoms with Crippen molar-refractivity contribution in [2.45, 2.75) is 70.7 Å². The highest BCUT2D eigenvalue weighted by Crippen LogP contribution is 2.28. The second kappa shape index (κ2) is 8.57. The number of hydrogen-bond donors (Lipinski definition) is 4. The van der Waals surface area contributed by atoms with Crippen LogP contribution in [0.2, 0.25) is 0 Å². The third-order valence-corrected chi connectivity index (χ3v) is 4.31. The van der Waals surface area contributed by atoms with Gasteiger partial charge in [0, 0.05) is 5.57 Å². The standard InChI is InChI=1S/C16H26O8/c1-5-7(3)15(21)23-13-11(19)9(17)10(18)12(20)14(13)24-16(22)8(4)6-2/h5,8-14,17-20H,6H2,1-4H3/b7-5-/t8?,9-,10-,11+,12+,13-,14+/m0/s1. The first-order valence-electron chi connectivity index (χ1n) is 7.92. The molecule has 1 saturated carbocycles. The number of esters is 2. The summed E-state index contributed by atoms with van der Waals surface area (Å²) in [4.78, 5) is 23.9. The molecular weight excluding hydrogens is 320 g/mol. The van der Waals surface area contributed by atoms with Crippen molar-refractivity contribution in [3.63, 3.8) is 0 Å². The molecule has 0 aromatic rings. The van der Waals surface area contributed by atoms with Gasteiger partial charge in [-0.25, -0.2) is 4.79 Å². The zero-order chi connectivity index (χ0) is 18.6. The number of aliphatic hydroxyl groups excluding tert-OH is 4. The second-order valence-electron chi connectivity index (χ2n) is 6.01. The minimum absolute atomic E-state index is 0.240. The van der Waals surface area contributed by atoms with Crippen molar-refractivity contribution < 1.29 is 39.5 Å². The van der Waals surface area contributed by atoms with Gasteiger partial charge in [-0.3, -0.25) is 4.79 Å². The number of allylic oxidation sites excluding steroid dienone is 1. The summed E-state index contributed by atoms with van der Waals surface area (Å²) in [6.45, 7) is 6.48. The van der Waals surface area contributed by atoms with Crippen LogP contribution in [0.3, 0.4) is 0 Å². The maximum absolute atomic E-state index is 12.0. The van der Waals surface area contributed by atoms with Crippen LogP contribution in [-0.4, -0.2) is 69.0 Å². The largest absolute Gasteiger partial charge is 0.455 e. The summed E-state index contributed by atoms with van der Waals surface area (Å²) in [6.07, 6.45) is -7.94. The Morgan fingerprint density at radius 2 is 1.46 bits per heavy atom. The Morgan fingerprint density at radius 3 is 1.88 bits per heavy atom. The number of carbonyl (C=O) groups excluding carboxylic acids is 2. The van der Waals surface area contributed by atoms with Crippen LogP contribution in [0.15, 0.2) is 11.6 Å². The van der Waals surface area contributed by atoms with Crippen LogP contribution in [0.1, 0.15) is 34.1 Å². The van der Waals surface area contributed by atoms with Gasteiger partial charge in [0.05, 0.1) is 5.92 Å². The summed E-state index contributed by atoms with van der Waals surface area (Å²) in [6, 6.07) is 0. The van der Waals surface area contributed by atoms with E-state index >= 15 is 0 Å². The minimum atomic E-state index is -1.75. The molecule has 1 aliphatic rings. The molecule has 0 saturated heterocycles. The van der Waals surface area contributed by atoms with Gasteiger partial charge in [-0.15, -0.1) is 0 Å². The van der Waals surface area contributed by atoms with Gasteiger partial charge in [-0.05, 0) is 20.3 Å². The van der Waals surface area contributed by atoms with E-state index in [2.05, 4.69) is 0 Å². The molecule has 0 radical (unpaired) electrons. The molecule has 8 nitrogen and oxygen atoms in total. The highest BCUT2D eigenvalue weighted by Gasteiger charge is 2.53. The Labute approximate surface area is 140 Å². The first-order chi connectivity index (χ1) is 11.1. The lowest BCUT2D eigenvalue weighted by Crippen LogP contribution is -2.65. The Bertz CT molecular complexity index is 488. The lowest BCUT2D eigenvalue weighted by Gasteiger charge is -2.42. The third kappa shape index (κ3) is 4.32. The molecule has 0 aromatic heterocycles. The molecule has 7 atom stereocenters. The Hall–Kier alpha value is -1.48. The van der Waals surface area contributed by atoms with Crippen LogP contribution >= 0.6 is 0 Å². The number of carbonyl (C=O) groups is 2. The fourth-order valence-corrected chi connectivity index (χ4v) is 2.21. The first-order valence-corrected chi connectivity index (χ1v) is 7.92. The van der Waals surface area contributed by atoms with Crippen molar-refractivity contribution in [3.8, 4) is 0 Å². The minimum Gasteiger partial charge on any atom is -0.455 e. The van der Waals surface area contributed by atoms with Gasteiger partial charge in [0.2, 0.25) is 0 Å². The highest BCUT2D eigenvalue weighted by molar-refractivity contribution is 5.87. The van der Waals surface area contributed by atoms with Crippen molar-refractivity contribution in [2.24, 2.45) is 5.92 Å². The van der Waals surface area contributed by atoms with Gasteiger partial charge in [0.15, 0.2) is 12.2 Å². The van der Waals surface area contributed by atoms with E-state index in [0.29, 0.717) is 6.42 Å². The maximum atomic E-state index is 12.0. The first kappa shape index (κ1) is 20.6. The maximum Gasteiger partial charge on any atom is 0.333 e. The summed E-state index contributed by atoms with van der Waals surface area (Å²) in [7, 11) is 0. The Morgan fingerprint density at radius 1 is 1.00 bits per heavy atom. The average Bonchev–Trinajstić information content (AvgIpc) is 2.58. The van der Waals surface area contributed by atoms with Crippen molar-refractivity contribution in [1.29, 1.82) is 0 Å². The zero-order valence-electron chi connectivity index (χ0n) is 14.2. The molecule has 8 heteroatoms. The van der Waals surface area contributed by atoms with Crippen LogP contribution in [-0.2, 0) is 19.1 Å². The molecule has 1 rings (SSSR count). The van der Waals surface area contributed by atoms with Crippen molar-refractivity contribution in [1.82, 2.24) is 0 Å². The average molecular weight is 346 g/mol. The van der Waals surface area contributed by atoms with Gasteiger partial charge in [0.25, 0.3) is 0 Å². The quantitative estimate of drug-likeness (QED) is 0.378. The van der Waals surface area contributed by atoms with E-state index in [4.69, 9.17) is 9.47 Å². The number of rotatable bonds is 5. The number of aliphatic hydroxyl groups is 4. The van der Waals surface area contributed by atoms with Crippen LogP contribution in [0.4, 0.5) is 0 Å². The summed E-state index contributed by atoms with van der Waals surface area (Å²) in [5, 5.41) is 39.8. The highest BCUT2D eigenvalue weighted by atomic mass is 16.6. The van der Waals surface area contributed by atoms with Gasteiger partial charge in [0.1, 0.15) is 24.4 Å². The van der Waals surface area contributed by atoms with Crippen molar-refractivity contribution in [2.75, 3.05) is 0 Å². The van der Waals surface area contributed by atoms with E-state index in [-0.39, 0.29) is 5.57 Å². The van der Waals surface area contributed by atoms with Gasteiger partial charge < -0.3 is 29.9 Å². The van der Waals surface area contributed by atoms with Crippen LogP contribution in [0, 0.1) is 5.92 Å². The summed E-state index contributed by atoms with van der Waals surface area (Å²) < 4.78 is 10.3. The molecule has 0 bridgehead atoms. The molecule has 1 aliphatic carbocycles. The molecular formula is C16H26O8. The fourth-order valence-electron chi connectivity index (χ4n) is 2.21. The smallest absolute Gasteiger partial charge is 0.333 e. The van der Waals surface area contributed by atoms with Crippen LogP contribution in [0.25, 0.3) is 0 Å². The molecule has 138 valence electrons. The van der Waals surface area contributed by atoms with Crippen LogP contribution in [0.5, 0.6) is 0 Å². The summed E-state index contributed by atoms with van der Waals surface area (Å²) in [5.74, 6) is -1.94. The van der Waals surface area contributed by atoms with Gasteiger partial charge >= 0.3 is 11.9 Å². The molecule has 4 N–H and O–H groups in total. The predicted octanol–water partition coefficient (Wildman–Crippen LogP) is -0.721. The SMILES string of the molecule is C/C=C(/C)C(=O)O[C@H]1[C@H](O)[C@@H](O)[C@H](O)[C@@H](O)[C@H]1OC(=O)C(C)CC. The van der Waals surface area contributed by atoms with Crippen molar-refractivity contribution >= 4 is 11.9 Å². The fraction of sp³-hybridized carbons (Fsp3) is 0.750. The van der Waals surface area contributed by atoms with Crippen LogP contribution < -0.4 is 0 Å². The van der Waals surface area contributed by atoms with E-state index in [1.165, 1.54) is 13.0 Å². The molecule has 0 amide bonds. The lowest BCUT2D eigenvalue weighted by atomic mass is 9.84. The number of hydrogen-bond acceptors (Lipinski definition) is 8. The zero-order valence-corrected chi connectivity index (χ0v) is 14.2. The Balaban J connectivity index is 3.06. The summed E-state index contributed by atoms with van der Waals surface area (Å²) >= 11 is 0.